The molecule has 2 atom stereocenters. The number of carbonyl (C=O) groups excluding carboxylic acids is 1. The number of hydrogen-bond acceptors (Lipinski definition) is 4. The average molecular weight is 380 g/mol. The summed E-state index contributed by atoms with van der Waals surface area (Å²) in [5.74, 6) is 2.21. The largest absolute Gasteiger partial charge is 0.486 e. The second kappa shape index (κ2) is 8.23. The van der Waals surface area contributed by atoms with Gasteiger partial charge >= 0.3 is 0 Å². The lowest BCUT2D eigenvalue weighted by atomic mass is 9.86. The highest BCUT2D eigenvalue weighted by molar-refractivity contribution is 5.94. The summed E-state index contributed by atoms with van der Waals surface area (Å²) in [5.41, 5.74) is 1.90. The molecule has 2 aromatic carbocycles. The van der Waals surface area contributed by atoms with Crippen LogP contribution >= 0.6 is 0 Å². The molecule has 5 heteroatoms. The van der Waals surface area contributed by atoms with Gasteiger partial charge in [-0.15, -0.1) is 0 Å². The number of ether oxygens (including phenoxy) is 2. The Balaban J connectivity index is 1.38. The van der Waals surface area contributed by atoms with Gasteiger partial charge in [-0.2, -0.15) is 0 Å². The van der Waals surface area contributed by atoms with Crippen molar-refractivity contribution in [2.45, 2.75) is 31.9 Å². The van der Waals surface area contributed by atoms with Crippen molar-refractivity contribution in [2.75, 3.05) is 26.7 Å². The molecule has 2 aliphatic heterocycles. The maximum atomic E-state index is 12.8. The normalized spacial score (nSPS) is 20.6. The minimum absolute atomic E-state index is 0.0241. The lowest BCUT2D eigenvalue weighted by Crippen LogP contribution is -2.53. The number of hydrogen-bond donors (Lipinski definition) is 1. The summed E-state index contributed by atoms with van der Waals surface area (Å²) in [4.78, 5) is 14.8. The van der Waals surface area contributed by atoms with Crippen molar-refractivity contribution in [2.24, 2.45) is 5.92 Å². The van der Waals surface area contributed by atoms with E-state index in [0.717, 1.165) is 48.6 Å². The van der Waals surface area contributed by atoms with Gasteiger partial charge in [0, 0.05) is 18.7 Å². The fraction of sp³-hybridized carbons (Fsp3) is 0.435. The summed E-state index contributed by atoms with van der Waals surface area (Å²) in [5, 5.41) is 3.45. The molecule has 0 saturated carbocycles. The zero-order chi connectivity index (χ0) is 19.5. The first kappa shape index (κ1) is 18.8. The second-order valence-corrected chi connectivity index (χ2v) is 7.73. The first-order valence-corrected chi connectivity index (χ1v) is 10.1. The number of fused-ring (bicyclic) bond motifs is 1. The van der Waals surface area contributed by atoms with E-state index in [1.165, 1.54) is 0 Å². The minimum Gasteiger partial charge on any atom is -0.486 e. The van der Waals surface area contributed by atoms with Crippen molar-refractivity contribution in [1.82, 2.24) is 10.2 Å². The number of nitrogens with one attached hydrogen (secondary N) is 1. The van der Waals surface area contributed by atoms with Crippen molar-refractivity contribution in [3.05, 3.63) is 59.7 Å². The number of rotatable bonds is 4. The molecule has 28 heavy (non-hydrogen) atoms. The molecular formula is C23H28N2O3. The molecule has 4 rings (SSSR count). The lowest BCUT2D eigenvalue weighted by molar-refractivity contribution is 0.0301. The third kappa shape index (κ3) is 3.85. The van der Waals surface area contributed by atoms with Gasteiger partial charge in [0.25, 0.3) is 5.91 Å². The van der Waals surface area contributed by atoms with E-state index in [0.29, 0.717) is 12.5 Å². The van der Waals surface area contributed by atoms with Crippen LogP contribution in [0.5, 0.6) is 11.5 Å². The van der Waals surface area contributed by atoms with E-state index >= 15 is 0 Å². The van der Waals surface area contributed by atoms with Crippen LogP contribution in [0.3, 0.4) is 0 Å². The minimum atomic E-state index is -0.0241. The molecule has 0 aliphatic carbocycles. The highest BCUT2D eigenvalue weighted by atomic mass is 16.6. The Hall–Kier alpha value is -2.53. The lowest BCUT2D eigenvalue weighted by Gasteiger charge is -2.40. The molecule has 1 fully saturated rings. The number of likely N-dealkylation sites (tertiary alicyclic amines) is 1. The SMILES string of the molecule is CNC(C1CCN(C(=O)c2cccc(C)c2)CC1)C1COc2ccccc2O1. The zero-order valence-corrected chi connectivity index (χ0v) is 16.6. The monoisotopic (exact) mass is 380 g/mol. The van der Waals surface area contributed by atoms with Crippen LogP contribution in [0.15, 0.2) is 48.5 Å². The molecule has 2 unspecified atom stereocenters. The van der Waals surface area contributed by atoms with Gasteiger partial charge in [-0.05, 0) is 57.0 Å². The summed E-state index contributed by atoms with van der Waals surface area (Å²) in [6.07, 6.45) is 1.90. The first-order chi connectivity index (χ1) is 13.7. The Labute approximate surface area is 166 Å². The van der Waals surface area contributed by atoms with Crippen molar-refractivity contribution in [1.29, 1.82) is 0 Å². The molecule has 5 nitrogen and oxygen atoms in total. The zero-order valence-electron chi connectivity index (χ0n) is 16.6. The van der Waals surface area contributed by atoms with Crippen LogP contribution in [-0.4, -0.2) is 49.7 Å². The van der Waals surface area contributed by atoms with Crippen molar-refractivity contribution in [3.63, 3.8) is 0 Å². The maximum absolute atomic E-state index is 12.8. The third-order valence-electron chi connectivity index (χ3n) is 5.86. The molecule has 1 saturated heterocycles. The van der Waals surface area contributed by atoms with Gasteiger partial charge in [-0.25, -0.2) is 0 Å². The number of carbonyl (C=O) groups is 1. The molecule has 0 radical (unpaired) electrons. The Morgan fingerprint density at radius 3 is 2.57 bits per heavy atom. The Morgan fingerprint density at radius 1 is 1.11 bits per heavy atom. The molecule has 2 aromatic rings. The van der Waals surface area contributed by atoms with Gasteiger partial charge in [0.05, 0.1) is 6.04 Å². The summed E-state index contributed by atoms with van der Waals surface area (Å²) >= 11 is 0. The van der Waals surface area contributed by atoms with Gasteiger partial charge < -0.3 is 19.7 Å². The summed E-state index contributed by atoms with van der Waals surface area (Å²) in [6, 6.07) is 15.9. The van der Waals surface area contributed by atoms with E-state index in [9.17, 15) is 4.79 Å². The van der Waals surface area contributed by atoms with Crippen molar-refractivity contribution < 1.29 is 14.3 Å². The van der Waals surface area contributed by atoms with E-state index < -0.39 is 0 Å². The Kier molecular flexibility index (Phi) is 5.53. The predicted octanol–water partition coefficient (Wildman–Crippen LogP) is 3.28. The van der Waals surface area contributed by atoms with Crippen molar-refractivity contribution >= 4 is 5.91 Å². The predicted molar refractivity (Wildman–Crippen MR) is 109 cm³/mol. The van der Waals surface area contributed by atoms with Crippen LogP contribution in [0, 0.1) is 12.8 Å². The van der Waals surface area contributed by atoms with Crippen LogP contribution < -0.4 is 14.8 Å². The fourth-order valence-corrected chi connectivity index (χ4v) is 4.36. The van der Waals surface area contributed by atoms with Crippen LogP contribution in [0.4, 0.5) is 0 Å². The fourth-order valence-electron chi connectivity index (χ4n) is 4.36. The van der Waals surface area contributed by atoms with Gasteiger partial charge in [-0.1, -0.05) is 29.8 Å². The van der Waals surface area contributed by atoms with Gasteiger partial charge in [0.15, 0.2) is 11.5 Å². The van der Waals surface area contributed by atoms with Crippen LogP contribution in [0.2, 0.25) is 0 Å². The number of nitrogens with zero attached hydrogens (tertiary/aromatic N) is 1. The van der Waals surface area contributed by atoms with Gasteiger partial charge in [-0.3, -0.25) is 4.79 Å². The van der Waals surface area contributed by atoms with Crippen LogP contribution in [0.1, 0.15) is 28.8 Å². The number of likely N-dealkylation sites (N-methyl/N-ethyl adjacent to an activating group) is 1. The van der Waals surface area contributed by atoms with E-state index in [1.54, 1.807) is 0 Å². The van der Waals surface area contributed by atoms with E-state index in [-0.39, 0.29) is 18.1 Å². The second-order valence-electron chi connectivity index (χ2n) is 7.73. The Morgan fingerprint density at radius 2 is 1.86 bits per heavy atom. The van der Waals surface area contributed by atoms with E-state index in [2.05, 4.69) is 5.32 Å². The molecule has 1 amide bonds. The summed E-state index contributed by atoms with van der Waals surface area (Å²) < 4.78 is 12.1. The highest BCUT2D eigenvalue weighted by Gasteiger charge is 2.36. The molecular weight excluding hydrogens is 352 g/mol. The van der Waals surface area contributed by atoms with Crippen LogP contribution in [0.25, 0.3) is 0 Å². The molecule has 2 aliphatic rings. The number of benzene rings is 2. The highest BCUT2D eigenvalue weighted by Crippen LogP contribution is 2.34. The van der Waals surface area contributed by atoms with Gasteiger partial charge in [0.1, 0.15) is 12.7 Å². The standard InChI is InChI=1S/C23H28N2O3/c1-16-6-5-7-18(14-16)23(26)25-12-10-17(11-13-25)22(24-2)21-15-27-19-8-3-4-9-20(19)28-21/h3-9,14,17,21-22,24H,10-13,15H2,1-2H3. The first-order valence-electron chi connectivity index (χ1n) is 10.1. The number of para-hydroxylation sites is 2. The number of amides is 1. The third-order valence-corrected chi connectivity index (χ3v) is 5.86. The van der Waals surface area contributed by atoms with E-state index in [4.69, 9.17) is 9.47 Å². The van der Waals surface area contributed by atoms with Gasteiger partial charge in [0.2, 0.25) is 0 Å². The van der Waals surface area contributed by atoms with Crippen LogP contribution in [-0.2, 0) is 0 Å². The topological polar surface area (TPSA) is 50.8 Å². The molecule has 2 heterocycles. The molecule has 148 valence electrons. The number of aryl methyl sites for hydroxylation is 1. The molecule has 0 aromatic heterocycles. The number of piperidine rings is 1. The molecule has 0 spiro atoms. The van der Waals surface area contributed by atoms with Crippen molar-refractivity contribution in [3.8, 4) is 11.5 Å². The maximum Gasteiger partial charge on any atom is 0.253 e. The summed E-state index contributed by atoms with van der Waals surface area (Å²) in [6.45, 7) is 4.12. The average Bonchev–Trinajstić information content (AvgIpc) is 2.74. The summed E-state index contributed by atoms with van der Waals surface area (Å²) in [7, 11) is 1.98. The Bertz CT molecular complexity index is 830. The quantitative estimate of drug-likeness (QED) is 0.885. The smallest absolute Gasteiger partial charge is 0.253 e. The molecule has 1 N–H and O–H groups in total. The van der Waals surface area contributed by atoms with E-state index in [1.807, 2.05) is 67.4 Å². The molecule has 0 bridgehead atoms.